The van der Waals surface area contributed by atoms with Gasteiger partial charge in [-0.25, -0.2) is 0 Å². The summed E-state index contributed by atoms with van der Waals surface area (Å²) < 4.78 is 5.76. The van der Waals surface area contributed by atoms with Gasteiger partial charge in [-0.05, 0) is 43.9 Å². The standard InChI is InChI=1S/C13H19NO2/c1-8-7-9(8)11-4-5-12(16-11)13(15)10-3-2-6-14-10/h4-5,8-10,13-15H,2-3,6-7H2,1H3. The molecular weight excluding hydrogens is 202 g/mol. The number of aliphatic hydroxyl groups is 1. The summed E-state index contributed by atoms with van der Waals surface area (Å²) in [6.45, 7) is 3.25. The maximum absolute atomic E-state index is 10.1. The van der Waals surface area contributed by atoms with Gasteiger partial charge in [-0.1, -0.05) is 6.92 Å². The predicted molar refractivity (Wildman–Crippen MR) is 61.2 cm³/mol. The van der Waals surface area contributed by atoms with Gasteiger partial charge in [-0.15, -0.1) is 0 Å². The lowest BCUT2D eigenvalue weighted by Gasteiger charge is -2.15. The average molecular weight is 221 g/mol. The van der Waals surface area contributed by atoms with Crippen molar-refractivity contribution in [2.24, 2.45) is 5.92 Å². The molecule has 1 saturated heterocycles. The third-order valence-electron chi connectivity index (χ3n) is 3.89. The van der Waals surface area contributed by atoms with Crippen LogP contribution in [0.5, 0.6) is 0 Å². The molecule has 0 spiro atoms. The number of hydrogen-bond acceptors (Lipinski definition) is 3. The number of nitrogens with one attached hydrogen (secondary N) is 1. The van der Waals surface area contributed by atoms with Gasteiger partial charge in [0.05, 0.1) is 0 Å². The van der Waals surface area contributed by atoms with E-state index in [1.807, 2.05) is 12.1 Å². The Bertz CT molecular complexity index is 368. The molecule has 2 aliphatic rings. The molecule has 3 nitrogen and oxygen atoms in total. The van der Waals surface area contributed by atoms with E-state index in [0.29, 0.717) is 5.92 Å². The molecule has 1 aromatic rings. The van der Waals surface area contributed by atoms with Crippen molar-refractivity contribution < 1.29 is 9.52 Å². The van der Waals surface area contributed by atoms with Crippen LogP contribution in [0.25, 0.3) is 0 Å². The molecule has 4 unspecified atom stereocenters. The smallest absolute Gasteiger partial charge is 0.134 e. The maximum Gasteiger partial charge on any atom is 0.134 e. The molecule has 0 bridgehead atoms. The Morgan fingerprint density at radius 1 is 1.50 bits per heavy atom. The van der Waals surface area contributed by atoms with Crippen molar-refractivity contribution >= 4 is 0 Å². The van der Waals surface area contributed by atoms with Crippen LogP contribution in [0.4, 0.5) is 0 Å². The molecule has 16 heavy (non-hydrogen) atoms. The minimum absolute atomic E-state index is 0.177. The lowest BCUT2D eigenvalue weighted by molar-refractivity contribution is 0.111. The number of rotatable bonds is 3. The zero-order chi connectivity index (χ0) is 11.1. The largest absolute Gasteiger partial charge is 0.463 e. The van der Waals surface area contributed by atoms with Crippen molar-refractivity contribution in [3.8, 4) is 0 Å². The fraction of sp³-hybridized carbons (Fsp3) is 0.692. The van der Waals surface area contributed by atoms with Gasteiger partial charge < -0.3 is 14.8 Å². The minimum atomic E-state index is -0.481. The zero-order valence-electron chi connectivity index (χ0n) is 9.65. The maximum atomic E-state index is 10.1. The second kappa shape index (κ2) is 3.90. The van der Waals surface area contributed by atoms with Gasteiger partial charge >= 0.3 is 0 Å². The van der Waals surface area contributed by atoms with E-state index in [1.54, 1.807) is 0 Å². The van der Waals surface area contributed by atoms with Gasteiger partial charge in [-0.3, -0.25) is 0 Å². The van der Waals surface area contributed by atoms with Crippen LogP contribution < -0.4 is 5.32 Å². The highest BCUT2D eigenvalue weighted by Crippen LogP contribution is 2.47. The summed E-state index contributed by atoms with van der Waals surface area (Å²) in [5, 5.41) is 13.5. The monoisotopic (exact) mass is 221 g/mol. The topological polar surface area (TPSA) is 45.4 Å². The Labute approximate surface area is 95.8 Å². The Morgan fingerprint density at radius 2 is 2.31 bits per heavy atom. The average Bonchev–Trinajstić information content (AvgIpc) is 2.84. The van der Waals surface area contributed by atoms with Crippen molar-refractivity contribution in [3.63, 3.8) is 0 Å². The molecule has 4 atom stereocenters. The van der Waals surface area contributed by atoms with Crippen molar-refractivity contribution in [3.05, 3.63) is 23.7 Å². The van der Waals surface area contributed by atoms with Crippen LogP contribution in [-0.4, -0.2) is 17.7 Å². The van der Waals surface area contributed by atoms with E-state index in [0.717, 1.165) is 36.8 Å². The molecule has 1 aromatic heterocycles. The van der Waals surface area contributed by atoms with Crippen LogP contribution in [0, 0.1) is 5.92 Å². The Hall–Kier alpha value is -0.800. The van der Waals surface area contributed by atoms with Gasteiger partial charge in [0, 0.05) is 12.0 Å². The van der Waals surface area contributed by atoms with E-state index in [-0.39, 0.29) is 6.04 Å². The Balaban J connectivity index is 1.71. The predicted octanol–water partition coefficient (Wildman–Crippen LogP) is 2.19. The normalized spacial score (nSPS) is 35.2. The molecule has 1 saturated carbocycles. The van der Waals surface area contributed by atoms with Crippen LogP contribution in [0.2, 0.25) is 0 Å². The molecule has 88 valence electrons. The third kappa shape index (κ3) is 1.78. The second-order valence-corrected chi connectivity index (χ2v) is 5.21. The Kier molecular flexibility index (Phi) is 2.52. The van der Waals surface area contributed by atoms with Gasteiger partial charge in [0.25, 0.3) is 0 Å². The third-order valence-corrected chi connectivity index (χ3v) is 3.89. The molecule has 0 amide bonds. The fourth-order valence-corrected chi connectivity index (χ4v) is 2.62. The summed E-state index contributed by atoms with van der Waals surface area (Å²) in [5.41, 5.74) is 0. The van der Waals surface area contributed by atoms with E-state index >= 15 is 0 Å². The quantitative estimate of drug-likeness (QED) is 0.822. The van der Waals surface area contributed by atoms with Crippen molar-refractivity contribution in [1.82, 2.24) is 5.32 Å². The van der Waals surface area contributed by atoms with Crippen LogP contribution >= 0.6 is 0 Å². The van der Waals surface area contributed by atoms with E-state index in [9.17, 15) is 5.11 Å². The highest BCUT2D eigenvalue weighted by molar-refractivity contribution is 5.19. The first-order valence-electron chi connectivity index (χ1n) is 6.27. The summed E-state index contributed by atoms with van der Waals surface area (Å²) in [5.74, 6) is 3.13. The minimum Gasteiger partial charge on any atom is -0.463 e. The molecule has 3 rings (SSSR count). The highest BCUT2D eigenvalue weighted by Gasteiger charge is 2.37. The molecule has 1 aliphatic heterocycles. The Morgan fingerprint density at radius 3 is 2.94 bits per heavy atom. The molecule has 0 aromatic carbocycles. The zero-order valence-corrected chi connectivity index (χ0v) is 9.65. The molecule has 2 heterocycles. The number of furan rings is 1. The molecule has 0 radical (unpaired) electrons. The summed E-state index contributed by atoms with van der Waals surface area (Å²) in [4.78, 5) is 0. The summed E-state index contributed by atoms with van der Waals surface area (Å²) >= 11 is 0. The first kappa shape index (κ1) is 10.4. The van der Waals surface area contributed by atoms with Crippen molar-refractivity contribution in [1.29, 1.82) is 0 Å². The molecular formula is C13H19NO2. The molecule has 2 N–H and O–H groups in total. The first-order valence-corrected chi connectivity index (χ1v) is 6.27. The van der Waals surface area contributed by atoms with E-state index in [4.69, 9.17) is 4.42 Å². The lowest BCUT2D eigenvalue weighted by atomic mass is 10.1. The van der Waals surface area contributed by atoms with Crippen molar-refractivity contribution in [2.75, 3.05) is 6.54 Å². The second-order valence-electron chi connectivity index (χ2n) is 5.21. The fourth-order valence-electron chi connectivity index (χ4n) is 2.62. The van der Waals surface area contributed by atoms with Crippen LogP contribution in [0.15, 0.2) is 16.5 Å². The molecule has 3 heteroatoms. The van der Waals surface area contributed by atoms with E-state index in [1.165, 1.54) is 6.42 Å². The van der Waals surface area contributed by atoms with Crippen molar-refractivity contribution in [2.45, 2.75) is 44.2 Å². The summed E-state index contributed by atoms with van der Waals surface area (Å²) in [6.07, 6.45) is 2.93. The van der Waals surface area contributed by atoms with Gasteiger partial charge in [0.15, 0.2) is 0 Å². The van der Waals surface area contributed by atoms with Crippen LogP contribution in [0.1, 0.15) is 49.7 Å². The number of hydrogen-bond donors (Lipinski definition) is 2. The van der Waals surface area contributed by atoms with E-state index in [2.05, 4.69) is 12.2 Å². The molecule has 2 fully saturated rings. The highest BCUT2D eigenvalue weighted by atomic mass is 16.4. The summed E-state index contributed by atoms with van der Waals surface area (Å²) in [6, 6.07) is 4.14. The first-order chi connectivity index (χ1) is 7.75. The van der Waals surface area contributed by atoms with Gasteiger partial charge in [0.1, 0.15) is 17.6 Å². The SMILES string of the molecule is CC1CC1c1ccc(C(O)C2CCCN2)o1. The molecule has 1 aliphatic carbocycles. The van der Waals surface area contributed by atoms with Gasteiger partial charge in [-0.2, -0.15) is 0 Å². The van der Waals surface area contributed by atoms with E-state index < -0.39 is 6.10 Å². The van der Waals surface area contributed by atoms with Crippen LogP contribution in [0.3, 0.4) is 0 Å². The summed E-state index contributed by atoms with van der Waals surface area (Å²) in [7, 11) is 0. The number of aliphatic hydroxyl groups excluding tert-OH is 1. The van der Waals surface area contributed by atoms with Crippen LogP contribution in [-0.2, 0) is 0 Å². The van der Waals surface area contributed by atoms with Gasteiger partial charge in [0.2, 0.25) is 0 Å². The lowest BCUT2D eigenvalue weighted by Crippen LogP contribution is -2.28.